The molecule has 0 fully saturated rings. The molecule has 0 radical (unpaired) electrons. The van der Waals surface area contributed by atoms with Crippen LogP contribution in [0.25, 0.3) is 23.1 Å². The third-order valence-electron chi connectivity index (χ3n) is 2.22. The molecular formula is C14H12O. The zero-order valence-corrected chi connectivity index (χ0v) is 8.44. The van der Waals surface area contributed by atoms with Crippen molar-refractivity contribution in [2.45, 2.75) is 0 Å². The van der Waals surface area contributed by atoms with Crippen LogP contribution in [0.3, 0.4) is 0 Å². The summed E-state index contributed by atoms with van der Waals surface area (Å²) in [6, 6.07) is 7.95. The third-order valence-corrected chi connectivity index (χ3v) is 2.22. The molecule has 0 aliphatic heterocycles. The number of hydrogen-bond acceptors (Lipinski definition) is 1. The fourth-order valence-corrected chi connectivity index (χ4v) is 1.60. The maximum absolute atomic E-state index is 5.69. The summed E-state index contributed by atoms with van der Waals surface area (Å²) in [4.78, 5) is 0. The average molecular weight is 196 g/mol. The van der Waals surface area contributed by atoms with Crippen molar-refractivity contribution in [3.63, 3.8) is 0 Å². The first-order chi connectivity index (χ1) is 7.36. The summed E-state index contributed by atoms with van der Waals surface area (Å²) >= 11 is 0. The summed E-state index contributed by atoms with van der Waals surface area (Å²) in [6.45, 7) is 7.38. The van der Waals surface area contributed by atoms with E-state index in [0.29, 0.717) is 0 Å². The zero-order chi connectivity index (χ0) is 10.7. The third kappa shape index (κ3) is 1.64. The number of hydrogen-bond donors (Lipinski definition) is 0. The Morgan fingerprint density at radius 2 is 1.73 bits per heavy atom. The Kier molecular flexibility index (Phi) is 2.55. The number of fused-ring (bicyclic) bond motifs is 1. The second-order valence-corrected chi connectivity index (χ2v) is 3.18. The van der Waals surface area contributed by atoms with Crippen molar-refractivity contribution >= 4 is 23.1 Å². The fourth-order valence-electron chi connectivity index (χ4n) is 1.60. The molecule has 1 nitrogen and oxygen atoms in total. The highest BCUT2D eigenvalue weighted by molar-refractivity contribution is 5.79. The van der Waals surface area contributed by atoms with E-state index in [1.165, 1.54) is 0 Å². The van der Waals surface area contributed by atoms with Crippen LogP contribution in [0.4, 0.5) is 0 Å². The van der Waals surface area contributed by atoms with Gasteiger partial charge in [0, 0.05) is 10.6 Å². The van der Waals surface area contributed by atoms with Gasteiger partial charge in [-0.2, -0.15) is 0 Å². The predicted octanol–water partition coefficient (Wildman–Crippen LogP) is 2.37. The Morgan fingerprint density at radius 3 is 2.47 bits per heavy atom. The molecule has 2 rings (SSSR count). The number of allylic oxidation sites excluding steroid dienone is 2. The van der Waals surface area contributed by atoms with Gasteiger partial charge in [-0.25, -0.2) is 0 Å². The van der Waals surface area contributed by atoms with Gasteiger partial charge < -0.3 is 4.42 Å². The SMILES string of the molecule is C=C/C=c1\c(=C/C=C)oc2ccccc12. The van der Waals surface area contributed by atoms with Crippen LogP contribution < -0.4 is 10.6 Å². The first kappa shape index (κ1) is 9.53. The lowest BCUT2D eigenvalue weighted by Crippen LogP contribution is -2.18. The first-order valence-corrected chi connectivity index (χ1v) is 4.80. The monoisotopic (exact) mass is 196 g/mol. The van der Waals surface area contributed by atoms with Crippen LogP contribution in [0.5, 0.6) is 0 Å². The lowest BCUT2D eigenvalue weighted by atomic mass is 10.2. The van der Waals surface area contributed by atoms with Gasteiger partial charge >= 0.3 is 0 Å². The van der Waals surface area contributed by atoms with E-state index in [1.54, 1.807) is 12.2 Å². The summed E-state index contributed by atoms with van der Waals surface area (Å²) in [6.07, 6.45) is 7.28. The van der Waals surface area contributed by atoms with Crippen LogP contribution in [-0.4, -0.2) is 0 Å². The molecule has 74 valence electrons. The lowest BCUT2D eigenvalue weighted by molar-refractivity contribution is 0.576. The largest absolute Gasteiger partial charge is 0.456 e. The molecule has 1 aromatic heterocycles. The summed E-state index contributed by atoms with van der Waals surface area (Å²) in [5.41, 5.74) is 1.71. The molecule has 0 spiro atoms. The van der Waals surface area contributed by atoms with E-state index in [2.05, 4.69) is 13.2 Å². The molecule has 0 aliphatic rings. The Morgan fingerprint density at radius 1 is 1.00 bits per heavy atom. The van der Waals surface area contributed by atoms with Gasteiger partial charge in [0.15, 0.2) is 0 Å². The minimum absolute atomic E-state index is 0.825. The Balaban J connectivity index is 3.00. The van der Waals surface area contributed by atoms with Gasteiger partial charge in [-0.3, -0.25) is 0 Å². The van der Waals surface area contributed by atoms with Crippen LogP contribution in [0, 0.1) is 0 Å². The molecule has 1 aromatic carbocycles. The van der Waals surface area contributed by atoms with E-state index in [-0.39, 0.29) is 0 Å². The predicted molar refractivity (Wildman–Crippen MR) is 64.8 cm³/mol. The van der Waals surface area contributed by atoms with E-state index in [1.807, 2.05) is 36.4 Å². The Labute approximate surface area is 88.3 Å². The molecular weight excluding hydrogens is 184 g/mol. The number of benzene rings is 1. The maximum atomic E-state index is 5.69. The Hall–Kier alpha value is -2.02. The van der Waals surface area contributed by atoms with Crippen molar-refractivity contribution in [1.82, 2.24) is 0 Å². The van der Waals surface area contributed by atoms with Crippen LogP contribution in [0.2, 0.25) is 0 Å². The van der Waals surface area contributed by atoms with Gasteiger partial charge in [0.05, 0.1) is 0 Å². The quantitative estimate of drug-likeness (QED) is 0.718. The van der Waals surface area contributed by atoms with Crippen molar-refractivity contribution in [2.24, 2.45) is 0 Å². The highest BCUT2D eigenvalue weighted by atomic mass is 16.3. The average Bonchev–Trinajstić information content (AvgIpc) is 2.59. The van der Waals surface area contributed by atoms with E-state index in [9.17, 15) is 0 Å². The van der Waals surface area contributed by atoms with Gasteiger partial charge in [0.25, 0.3) is 0 Å². The summed E-state index contributed by atoms with van der Waals surface area (Å²) < 4.78 is 5.69. The number of rotatable bonds is 2. The number of para-hydroxylation sites is 1. The van der Waals surface area contributed by atoms with Crippen LogP contribution in [0.1, 0.15) is 0 Å². The highest BCUT2D eigenvalue weighted by Gasteiger charge is 1.99. The van der Waals surface area contributed by atoms with Crippen molar-refractivity contribution in [2.75, 3.05) is 0 Å². The van der Waals surface area contributed by atoms with Gasteiger partial charge in [-0.1, -0.05) is 49.6 Å². The smallest absolute Gasteiger partial charge is 0.135 e. The second-order valence-electron chi connectivity index (χ2n) is 3.18. The van der Waals surface area contributed by atoms with E-state index < -0.39 is 0 Å². The molecule has 1 heterocycles. The molecule has 0 atom stereocenters. The molecule has 15 heavy (non-hydrogen) atoms. The Bertz CT molecular complexity index is 614. The zero-order valence-electron chi connectivity index (χ0n) is 8.44. The van der Waals surface area contributed by atoms with Gasteiger partial charge in [0.2, 0.25) is 0 Å². The van der Waals surface area contributed by atoms with Gasteiger partial charge in [0.1, 0.15) is 11.0 Å². The standard InChI is InChI=1S/C14H12O/c1-3-7-11-12-9-5-6-10-14(12)15-13(11)8-4-2/h3-10H,1-2H2/b11-7-,13-8+. The summed E-state index contributed by atoms with van der Waals surface area (Å²) in [7, 11) is 0. The molecule has 0 aliphatic carbocycles. The van der Waals surface area contributed by atoms with Crippen molar-refractivity contribution in [3.8, 4) is 0 Å². The normalized spacial score (nSPS) is 13.3. The fraction of sp³-hybridized carbons (Fsp3) is 0. The minimum Gasteiger partial charge on any atom is -0.456 e. The molecule has 0 bridgehead atoms. The first-order valence-electron chi connectivity index (χ1n) is 4.80. The summed E-state index contributed by atoms with van der Waals surface area (Å²) in [5, 5.41) is 2.16. The van der Waals surface area contributed by atoms with Gasteiger partial charge in [-0.05, 0) is 12.1 Å². The van der Waals surface area contributed by atoms with E-state index in [4.69, 9.17) is 4.42 Å². The molecule has 0 saturated carbocycles. The molecule has 0 N–H and O–H groups in total. The topological polar surface area (TPSA) is 13.1 Å². The number of furan rings is 1. The van der Waals surface area contributed by atoms with E-state index >= 15 is 0 Å². The minimum atomic E-state index is 0.825. The van der Waals surface area contributed by atoms with Crippen molar-refractivity contribution in [1.29, 1.82) is 0 Å². The highest BCUT2D eigenvalue weighted by Crippen LogP contribution is 2.06. The van der Waals surface area contributed by atoms with Crippen LogP contribution in [0.15, 0.2) is 54.0 Å². The molecule has 0 amide bonds. The van der Waals surface area contributed by atoms with Gasteiger partial charge in [-0.15, -0.1) is 0 Å². The molecule has 2 aromatic rings. The second kappa shape index (κ2) is 4.01. The van der Waals surface area contributed by atoms with Crippen LogP contribution in [-0.2, 0) is 0 Å². The summed E-state index contributed by atoms with van der Waals surface area (Å²) in [5.74, 6) is 0. The molecule has 1 heteroatoms. The molecule has 0 unspecified atom stereocenters. The molecule has 0 saturated heterocycles. The maximum Gasteiger partial charge on any atom is 0.135 e. The van der Waals surface area contributed by atoms with Crippen molar-refractivity contribution in [3.05, 3.63) is 60.2 Å². The van der Waals surface area contributed by atoms with E-state index in [0.717, 1.165) is 21.6 Å². The van der Waals surface area contributed by atoms with Crippen LogP contribution >= 0.6 is 0 Å². The lowest BCUT2D eigenvalue weighted by Gasteiger charge is -1.83. The van der Waals surface area contributed by atoms with Crippen molar-refractivity contribution < 1.29 is 4.42 Å².